The molecule has 4 rings (SSSR count). The smallest absolute Gasteiger partial charge is 0.321 e. The highest BCUT2D eigenvalue weighted by Gasteiger charge is 2.26. The molecule has 0 unspecified atom stereocenters. The number of hydrogen-bond donors (Lipinski definition) is 1. The molecule has 0 radical (unpaired) electrons. The van der Waals surface area contributed by atoms with Gasteiger partial charge in [0.2, 0.25) is 0 Å². The van der Waals surface area contributed by atoms with Crippen molar-refractivity contribution in [3.8, 4) is 17.6 Å². The highest BCUT2D eigenvalue weighted by atomic mass is 32.2. The number of likely N-dealkylation sites (tertiary alicyclic amines) is 1. The van der Waals surface area contributed by atoms with Crippen LogP contribution >= 0.6 is 0 Å². The molecular weight excluding hydrogens is 492 g/mol. The standard InChI is InChI=1S/C27H30N4O5S/c1-19(2)36-23-9-7-22(8-10-23)30-27(32)31-14-12-21(13-15-31)26-24-17-20(5-4-16-35-37(3,33)34)6-11-25(24)28-18-29-26/h6-11,17-19,21H,12-16H2,1-3H3,(H,30,32). The number of nitrogens with zero attached hydrogens (tertiary/aromatic N) is 3. The van der Waals surface area contributed by atoms with Gasteiger partial charge in [0, 0.05) is 35.6 Å². The lowest BCUT2D eigenvalue weighted by molar-refractivity contribution is 0.194. The second-order valence-corrected chi connectivity index (χ2v) is 10.8. The summed E-state index contributed by atoms with van der Waals surface area (Å²) < 4.78 is 32.5. The van der Waals surface area contributed by atoms with Crippen LogP contribution in [0.25, 0.3) is 10.9 Å². The van der Waals surface area contributed by atoms with Crippen LogP contribution in [-0.2, 0) is 14.3 Å². The minimum atomic E-state index is -3.53. The number of ether oxygens (including phenoxy) is 1. The van der Waals surface area contributed by atoms with Crippen LogP contribution in [0, 0.1) is 11.8 Å². The van der Waals surface area contributed by atoms with Crippen molar-refractivity contribution in [1.82, 2.24) is 14.9 Å². The second-order valence-electron chi connectivity index (χ2n) is 9.14. The maximum absolute atomic E-state index is 12.8. The van der Waals surface area contributed by atoms with E-state index in [1.54, 1.807) is 6.33 Å². The number of amides is 2. The second kappa shape index (κ2) is 11.6. The number of nitrogens with one attached hydrogen (secondary N) is 1. The van der Waals surface area contributed by atoms with Crippen LogP contribution in [0.2, 0.25) is 0 Å². The molecule has 1 N–H and O–H groups in total. The van der Waals surface area contributed by atoms with Crippen molar-refractivity contribution < 1.29 is 22.1 Å². The van der Waals surface area contributed by atoms with Crippen LogP contribution in [0.15, 0.2) is 48.8 Å². The Morgan fingerprint density at radius 1 is 1.14 bits per heavy atom. The van der Waals surface area contributed by atoms with E-state index in [2.05, 4.69) is 31.3 Å². The van der Waals surface area contributed by atoms with Crippen LogP contribution in [0.3, 0.4) is 0 Å². The fourth-order valence-corrected chi connectivity index (χ4v) is 4.47. The zero-order valence-corrected chi connectivity index (χ0v) is 21.9. The molecule has 0 saturated carbocycles. The molecule has 0 atom stereocenters. The van der Waals surface area contributed by atoms with E-state index in [0.717, 1.165) is 52.7 Å². The number of piperidine rings is 1. The fraction of sp³-hybridized carbons (Fsp3) is 0.370. The molecule has 2 heterocycles. The summed E-state index contributed by atoms with van der Waals surface area (Å²) in [7, 11) is -3.53. The van der Waals surface area contributed by atoms with E-state index in [0.29, 0.717) is 13.1 Å². The van der Waals surface area contributed by atoms with Crippen molar-refractivity contribution in [3.05, 3.63) is 60.0 Å². The maximum atomic E-state index is 12.8. The van der Waals surface area contributed by atoms with Gasteiger partial charge in [-0.25, -0.2) is 14.8 Å². The lowest BCUT2D eigenvalue weighted by atomic mass is 9.90. The maximum Gasteiger partial charge on any atom is 0.321 e. The Labute approximate surface area is 217 Å². The lowest BCUT2D eigenvalue weighted by Gasteiger charge is -2.32. The molecule has 1 aromatic heterocycles. The van der Waals surface area contributed by atoms with Gasteiger partial charge in [0.15, 0.2) is 0 Å². The number of aromatic nitrogens is 2. The molecule has 1 fully saturated rings. The van der Waals surface area contributed by atoms with Gasteiger partial charge >= 0.3 is 6.03 Å². The number of benzene rings is 2. The van der Waals surface area contributed by atoms with Gasteiger partial charge in [-0.15, -0.1) is 0 Å². The Morgan fingerprint density at radius 2 is 1.86 bits per heavy atom. The topological polar surface area (TPSA) is 111 Å². The minimum Gasteiger partial charge on any atom is -0.491 e. The largest absolute Gasteiger partial charge is 0.491 e. The van der Waals surface area contributed by atoms with E-state index in [4.69, 9.17) is 4.74 Å². The van der Waals surface area contributed by atoms with E-state index >= 15 is 0 Å². The van der Waals surface area contributed by atoms with E-state index in [9.17, 15) is 13.2 Å². The van der Waals surface area contributed by atoms with Gasteiger partial charge < -0.3 is 15.0 Å². The number of carbonyl (C=O) groups is 1. The van der Waals surface area contributed by atoms with Crippen molar-refractivity contribution >= 4 is 32.7 Å². The quantitative estimate of drug-likeness (QED) is 0.382. The van der Waals surface area contributed by atoms with Crippen molar-refractivity contribution in [1.29, 1.82) is 0 Å². The number of hydrogen-bond acceptors (Lipinski definition) is 7. The summed E-state index contributed by atoms with van der Waals surface area (Å²) in [5.74, 6) is 6.60. The summed E-state index contributed by atoms with van der Waals surface area (Å²) in [6.07, 6.45) is 4.20. The Hall–Kier alpha value is -3.68. The van der Waals surface area contributed by atoms with Crippen molar-refractivity contribution in [2.45, 2.75) is 38.7 Å². The van der Waals surface area contributed by atoms with E-state index in [-0.39, 0.29) is 24.7 Å². The normalized spacial score (nSPS) is 14.3. The first-order chi connectivity index (χ1) is 17.7. The minimum absolute atomic E-state index is 0.0924. The lowest BCUT2D eigenvalue weighted by Crippen LogP contribution is -2.40. The van der Waals surface area contributed by atoms with Crippen molar-refractivity contribution in [2.24, 2.45) is 0 Å². The summed E-state index contributed by atoms with van der Waals surface area (Å²) in [4.78, 5) is 23.6. The number of urea groups is 1. The predicted molar refractivity (Wildman–Crippen MR) is 142 cm³/mol. The number of rotatable bonds is 6. The predicted octanol–water partition coefficient (Wildman–Crippen LogP) is 4.16. The zero-order valence-electron chi connectivity index (χ0n) is 21.1. The average Bonchev–Trinajstić information content (AvgIpc) is 2.86. The van der Waals surface area contributed by atoms with Crippen LogP contribution in [0.5, 0.6) is 5.75 Å². The third kappa shape index (κ3) is 7.41. The van der Waals surface area contributed by atoms with Gasteiger partial charge in [-0.1, -0.05) is 11.8 Å². The Bertz CT molecular complexity index is 1420. The Kier molecular flexibility index (Phi) is 8.26. The third-order valence-corrected chi connectivity index (χ3v) is 6.44. The summed E-state index contributed by atoms with van der Waals surface area (Å²) in [5, 5.41) is 3.87. The molecule has 1 saturated heterocycles. The van der Waals surface area contributed by atoms with Crippen LogP contribution in [0.1, 0.15) is 43.9 Å². The molecule has 0 aliphatic carbocycles. The monoisotopic (exact) mass is 522 g/mol. The van der Waals surface area contributed by atoms with Gasteiger partial charge in [0.25, 0.3) is 10.1 Å². The molecule has 1 aliphatic rings. The zero-order chi connectivity index (χ0) is 26.4. The summed E-state index contributed by atoms with van der Waals surface area (Å²) in [5.41, 5.74) is 3.19. The van der Waals surface area contributed by atoms with Gasteiger partial charge in [0.1, 0.15) is 18.7 Å². The summed E-state index contributed by atoms with van der Waals surface area (Å²) in [6.45, 7) is 4.96. The molecular formula is C27H30N4O5S. The molecule has 194 valence electrons. The molecule has 10 heteroatoms. The van der Waals surface area contributed by atoms with Gasteiger partial charge in [0.05, 0.1) is 23.6 Å². The summed E-state index contributed by atoms with van der Waals surface area (Å²) in [6, 6.07) is 12.9. The fourth-order valence-electron chi connectivity index (χ4n) is 4.20. The summed E-state index contributed by atoms with van der Waals surface area (Å²) >= 11 is 0. The first kappa shape index (κ1) is 26.4. The molecule has 1 aliphatic heterocycles. The van der Waals surface area contributed by atoms with Gasteiger partial charge in [-0.2, -0.15) is 8.42 Å². The Morgan fingerprint density at radius 3 is 2.54 bits per heavy atom. The third-order valence-electron chi connectivity index (χ3n) is 5.89. The van der Waals surface area contributed by atoms with Crippen LogP contribution in [0.4, 0.5) is 10.5 Å². The van der Waals surface area contributed by atoms with Crippen molar-refractivity contribution in [2.75, 3.05) is 31.3 Å². The van der Waals surface area contributed by atoms with E-state index in [1.165, 1.54) is 0 Å². The molecule has 37 heavy (non-hydrogen) atoms. The molecule has 3 aromatic rings. The number of anilines is 1. The SMILES string of the molecule is CC(C)Oc1ccc(NC(=O)N2CCC(c3ncnc4ccc(C#CCOS(C)(=O)=O)cc34)CC2)cc1. The van der Waals surface area contributed by atoms with Crippen LogP contribution < -0.4 is 10.1 Å². The molecule has 0 spiro atoms. The first-order valence-electron chi connectivity index (χ1n) is 12.1. The van der Waals surface area contributed by atoms with Crippen molar-refractivity contribution in [3.63, 3.8) is 0 Å². The molecule has 2 amide bonds. The number of fused-ring (bicyclic) bond motifs is 1. The average molecular weight is 523 g/mol. The first-order valence-corrected chi connectivity index (χ1v) is 13.9. The van der Waals surface area contributed by atoms with Gasteiger partial charge in [-0.05, 0) is 69.2 Å². The van der Waals surface area contributed by atoms with E-state index in [1.807, 2.05) is 61.2 Å². The van der Waals surface area contributed by atoms with Gasteiger partial charge in [-0.3, -0.25) is 4.18 Å². The van der Waals surface area contributed by atoms with E-state index < -0.39 is 10.1 Å². The molecule has 2 aromatic carbocycles. The molecule has 0 bridgehead atoms. The highest BCUT2D eigenvalue weighted by Crippen LogP contribution is 2.31. The molecule has 9 nitrogen and oxygen atoms in total. The van der Waals surface area contributed by atoms with Crippen LogP contribution in [-0.4, -0.2) is 61.4 Å². The highest BCUT2D eigenvalue weighted by molar-refractivity contribution is 7.86. The Balaban J connectivity index is 1.39. The number of carbonyl (C=O) groups excluding carboxylic acids is 1.